The van der Waals surface area contributed by atoms with Crippen LogP contribution in [-0.4, -0.2) is 20.7 Å². The van der Waals surface area contributed by atoms with E-state index in [9.17, 15) is 0 Å². The Hall–Kier alpha value is -2.49. The molecule has 3 rings (SSSR count). The third kappa shape index (κ3) is 2.32. The molecule has 0 unspecified atom stereocenters. The van der Waals surface area contributed by atoms with E-state index < -0.39 is 0 Å². The molecule has 0 aliphatic carbocycles. The first kappa shape index (κ1) is 12.5. The van der Waals surface area contributed by atoms with Crippen molar-refractivity contribution in [2.45, 2.75) is 20.4 Å². The normalized spacial score (nSPS) is 11.5. The zero-order valence-electron chi connectivity index (χ0n) is 11.6. The molecule has 0 radical (unpaired) electrons. The Kier molecular flexibility index (Phi) is 3.29. The number of benzene rings is 1. The molecule has 4 nitrogen and oxygen atoms in total. The third-order valence-corrected chi connectivity index (χ3v) is 3.21. The molecule has 20 heavy (non-hydrogen) atoms. The van der Waals surface area contributed by atoms with Crippen LogP contribution in [0.3, 0.4) is 0 Å². The van der Waals surface area contributed by atoms with Gasteiger partial charge < -0.3 is 4.57 Å². The lowest BCUT2D eigenvalue weighted by Gasteiger charge is -2.01. The molecule has 0 aliphatic rings. The molecule has 0 saturated heterocycles. The number of hydrogen-bond acceptors (Lipinski definition) is 3. The summed E-state index contributed by atoms with van der Waals surface area (Å²) < 4.78 is 2.15. The van der Waals surface area contributed by atoms with Crippen LogP contribution in [0.2, 0.25) is 0 Å². The van der Waals surface area contributed by atoms with Crippen LogP contribution in [0.4, 0.5) is 5.82 Å². The molecule has 3 aromatic rings. The lowest BCUT2D eigenvalue weighted by Crippen LogP contribution is -2.00. The largest absolute Gasteiger partial charge is 0.323 e. The summed E-state index contributed by atoms with van der Waals surface area (Å²) in [5, 5.41) is 0. The fraction of sp³-hybridized carbons (Fsp3) is 0.188. The zero-order chi connectivity index (χ0) is 13.9. The maximum Gasteiger partial charge on any atom is 0.152 e. The fourth-order valence-electron chi connectivity index (χ4n) is 2.19. The molecule has 2 aromatic heterocycles. The molecular formula is C16H16N4. The number of fused-ring (bicyclic) bond motifs is 1. The third-order valence-electron chi connectivity index (χ3n) is 3.21. The van der Waals surface area contributed by atoms with Crippen LogP contribution >= 0.6 is 0 Å². The summed E-state index contributed by atoms with van der Waals surface area (Å²) in [7, 11) is 0. The van der Waals surface area contributed by atoms with E-state index in [4.69, 9.17) is 0 Å². The van der Waals surface area contributed by atoms with E-state index in [0.717, 1.165) is 29.0 Å². The molecule has 0 amide bonds. The minimum absolute atomic E-state index is 0.699. The van der Waals surface area contributed by atoms with Crippen molar-refractivity contribution in [3.63, 3.8) is 0 Å². The highest BCUT2D eigenvalue weighted by Crippen LogP contribution is 2.15. The average Bonchev–Trinajstić information content (AvgIpc) is 2.84. The summed E-state index contributed by atoms with van der Waals surface area (Å²) in [6, 6.07) is 12.0. The van der Waals surface area contributed by atoms with Crippen LogP contribution in [0.1, 0.15) is 18.3 Å². The van der Waals surface area contributed by atoms with Crippen LogP contribution in [-0.2, 0) is 6.54 Å². The molecule has 0 spiro atoms. The molecule has 0 aliphatic heterocycles. The van der Waals surface area contributed by atoms with E-state index in [1.165, 1.54) is 0 Å². The van der Waals surface area contributed by atoms with Crippen molar-refractivity contribution in [3.8, 4) is 0 Å². The molecule has 0 fully saturated rings. The second kappa shape index (κ2) is 5.25. The van der Waals surface area contributed by atoms with Gasteiger partial charge in [0.15, 0.2) is 11.6 Å². The van der Waals surface area contributed by atoms with Gasteiger partial charge in [-0.3, -0.25) is 0 Å². The van der Waals surface area contributed by atoms with E-state index in [2.05, 4.69) is 32.5 Å². The first-order valence-corrected chi connectivity index (χ1v) is 6.70. The van der Waals surface area contributed by atoms with Gasteiger partial charge in [-0.2, -0.15) is 0 Å². The van der Waals surface area contributed by atoms with E-state index in [1.807, 2.05) is 43.5 Å². The second-order valence-corrected chi connectivity index (χ2v) is 4.65. The van der Waals surface area contributed by atoms with Crippen molar-refractivity contribution in [3.05, 3.63) is 54.0 Å². The topological polar surface area (TPSA) is 43.1 Å². The number of imidazole rings is 1. The molecule has 0 bridgehead atoms. The second-order valence-electron chi connectivity index (χ2n) is 4.65. The maximum atomic E-state index is 4.60. The van der Waals surface area contributed by atoms with Crippen LogP contribution in [0, 0.1) is 6.92 Å². The van der Waals surface area contributed by atoms with E-state index in [0.29, 0.717) is 5.82 Å². The Morgan fingerprint density at radius 3 is 2.80 bits per heavy atom. The van der Waals surface area contributed by atoms with Crippen LogP contribution in [0.25, 0.3) is 11.0 Å². The summed E-state index contributed by atoms with van der Waals surface area (Å²) >= 11 is 0. The van der Waals surface area contributed by atoms with Crippen LogP contribution in [0.5, 0.6) is 0 Å². The zero-order valence-corrected chi connectivity index (χ0v) is 11.6. The average molecular weight is 264 g/mol. The monoisotopic (exact) mass is 264 g/mol. The highest BCUT2D eigenvalue weighted by atomic mass is 15.1. The molecule has 1 aromatic carbocycles. The molecule has 4 heteroatoms. The summed E-state index contributed by atoms with van der Waals surface area (Å²) in [4.78, 5) is 13.3. The highest BCUT2D eigenvalue weighted by Gasteiger charge is 2.06. The highest BCUT2D eigenvalue weighted by molar-refractivity contribution is 5.85. The van der Waals surface area contributed by atoms with Gasteiger partial charge in [0, 0.05) is 12.7 Å². The number of pyridine rings is 1. The minimum Gasteiger partial charge on any atom is -0.323 e. The first-order chi connectivity index (χ1) is 9.78. The van der Waals surface area contributed by atoms with Gasteiger partial charge in [0.2, 0.25) is 0 Å². The number of aromatic nitrogens is 3. The van der Waals surface area contributed by atoms with Gasteiger partial charge in [-0.15, -0.1) is 0 Å². The van der Waals surface area contributed by atoms with Crippen molar-refractivity contribution in [2.24, 2.45) is 4.99 Å². The molecule has 100 valence electrons. The minimum atomic E-state index is 0.699. The quantitative estimate of drug-likeness (QED) is 0.679. The Balaban J connectivity index is 1.99. The van der Waals surface area contributed by atoms with Gasteiger partial charge in [0.1, 0.15) is 0 Å². The van der Waals surface area contributed by atoms with Gasteiger partial charge in [-0.1, -0.05) is 18.2 Å². The van der Waals surface area contributed by atoms with Gasteiger partial charge in [-0.05, 0) is 37.6 Å². The number of aliphatic imine (C=N–C) groups is 1. The van der Waals surface area contributed by atoms with E-state index in [1.54, 1.807) is 6.21 Å². The van der Waals surface area contributed by atoms with E-state index >= 15 is 0 Å². The summed E-state index contributed by atoms with van der Waals surface area (Å²) in [6.45, 7) is 4.98. The fourth-order valence-corrected chi connectivity index (χ4v) is 2.19. The molecule has 0 N–H and O–H groups in total. The molecular weight excluding hydrogens is 248 g/mol. The number of para-hydroxylation sites is 2. The van der Waals surface area contributed by atoms with Gasteiger partial charge >= 0.3 is 0 Å². The molecule has 0 saturated carbocycles. The smallest absolute Gasteiger partial charge is 0.152 e. The number of rotatable bonds is 3. The van der Waals surface area contributed by atoms with Gasteiger partial charge in [0.05, 0.1) is 17.2 Å². The van der Waals surface area contributed by atoms with Crippen molar-refractivity contribution >= 4 is 23.1 Å². The van der Waals surface area contributed by atoms with Gasteiger partial charge in [0.25, 0.3) is 0 Å². The first-order valence-electron chi connectivity index (χ1n) is 6.70. The van der Waals surface area contributed by atoms with Crippen LogP contribution < -0.4 is 0 Å². The number of aryl methyl sites for hydroxylation is 2. The Morgan fingerprint density at radius 1 is 1.20 bits per heavy atom. The number of hydrogen-bond donors (Lipinski definition) is 0. The van der Waals surface area contributed by atoms with Crippen molar-refractivity contribution in [1.82, 2.24) is 14.5 Å². The standard InChI is InChI=1S/C16H16N4/c1-3-20-14-7-5-4-6-13(14)19-16(20)11-18-15-9-8-12(2)10-17-15/h4-11H,3H2,1-2H3. The summed E-state index contributed by atoms with van der Waals surface area (Å²) in [5.41, 5.74) is 3.26. The SMILES string of the molecule is CCn1c(C=Nc2ccc(C)cn2)nc2ccccc21. The van der Waals surface area contributed by atoms with Crippen molar-refractivity contribution in [1.29, 1.82) is 0 Å². The Bertz CT molecular complexity index is 754. The summed E-state index contributed by atoms with van der Waals surface area (Å²) in [6.07, 6.45) is 3.59. The lowest BCUT2D eigenvalue weighted by atomic mass is 10.3. The predicted molar refractivity (Wildman–Crippen MR) is 81.6 cm³/mol. The van der Waals surface area contributed by atoms with Crippen molar-refractivity contribution < 1.29 is 0 Å². The maximum absolute atomic E-state index is 4.60. The Morgan fingerprint density at radius 2 is 2.05 bits per heavy atom. The Labute approximate surface area is 117 Å². The molecule has 2 heterocycles. The predicted octanol–water partition coefficient (Wildman–Crippen LogP) is 3.51. The van der Waals surface area contributed by atoms with Crippen LogP contribution in [0.15, 0.2) is 47.6 Å². The molecule has 0 atom stereocenters. The summed E-state index contributed by atoms with van der Waals surface area (Å²) in [5.74, 6) is 1.56. The number of nitrogens with zero attached hydrogens (tertiary/aromatic N) is 4. The lowest BCUT2D eigenvalue weighted by molar-refractivity contribution is 0.780. The van der Waals surface area contributed by atoms with E-state index in [-0.39, 0.29) is 0 Å². The van der Waals surface area contributed by atoms with Crippen molar-refractivity contribution in [2.75, 3.05) is 0 Å². The van der Waals surface area contributed by atoms with Gasteiger partial charge in [-0.25, -0.2) is 15.0 Å².